The second-order valence-corrected chi connectivity index (χ2v) is 6.80. The second-order valence-electron chi connectivity index (χ2n) is 6.39. The number of carboxylic acids is 1. The third-order valence-corrected chi connectivity index (χ3v) is 4.33. The highest BCUT2D eigenvalue weighted by atomic mass is 35.5. The van der Waals surface area contributed by atoms with Gasteiger partial charge in [0.05, 0.1) is 17.0 Å². The first-order valence-electron chi connectivity index (χ1n) is 7.89. The highest BCUT2D eigenvalue weighted by molar-refractivity contribution is 6.30. The Kier molecular flexibility index (Phi) is 6.18. The van der Waals surface area contributed by atoms with E-state index >= 15 is 0 Å². The maximum absolute atomic E-state index is 13.7. The lowest BCUT2D eigenvalue weighted by molar-refractivity contribution is -0.143. The smallest absolute Gasteiger partial charge is 0.326 e. The zero-order valence-electron chi connectivity index (χ0n) is 13.6. The van der Waals surface area contributed by atoms with Gasteiger partial charge in [-0.15, -0.1) is 0 Å². The van der Waals surface area contributed by atoms with E-state index in [-0.39, 0.29) is 16.8 Å². The minimum absolute atomic E-state index is 0.000577. The molecule has 1 aromatic carbocycles. The van der Waals surface area contributed by atoms with E-state index in [2.05, 4.69) is 5.32 Å². The van der Waals surface area contributed by atoms with Crippen LogP contribution in [0.3, 0.4) is 0 Å². The van der Waals surface area contributed by atoms with Gasteiger partial charge >= 0.3 is 5.97 Å². The van der Waals surface area contributed by atoms with E-state index in [4.69, 9.17) is 16.3 Å². The number of nitrogens with one attached hydrogen (secondary N) is 1. The lowest BCUT2D eigenvalue weighted by atomic mass is 9.93. The number of hydrogen-bond donors (Lipinski definition) is 2. The molecule has 5 nitrogen and oxygen atoms in total. The van der Waals surface area contributed by atoms with Gasteiger partial charge in [-0.25, -0.2) is 9.18 Å². The molecule has 3 atom stereocenters. The molecule has 2 rings (SSSR count). The van der Waals surface area contributed by atoms with Gasteiger partial charge in [0.25, 0.3) is 0 Å². The predicted molar refractivity (Wildman–Crippen MR) is 87.2 cm³/mol. The van der Waals surface area contributed by atoms with Crippen LogP contribution in [0.1, 0.15) is 38.4 Å². The number of halogens is 2. The lowest BCUT2D eigenvalue weighted by Gasteiger charge is -2.22. The van der Waals surface area contributed by atoms with Crippen molar-refractivity contribution in [2.24, 2.45) is 11.8 Å². The monoisotopic (exact) mass is 357 g/mol. The summed E-state index contributed by atoms with van der Waals surface area (Å²) in [5.74, 6) is -2.45. The lowest BCUT2D eigenvalue weighted by Crippen LogP contribution is -2.44. The zero-order valence-corrected chi connectivity index (χ0v) is 14.3. The summed E-state index contributed by atoms with van der Waals surface area (Å²) in [6, 6.07) is 3.34. The Hall–Kier alpha value is -1.66. The molecule has 0 bridgehead atoms. The van der Waals surface area contributed by atoms with Crippen molar-refractivity contribution in [2.75, 3.05) is 6.61 Å². The molecule has 7 heteroatoms. The van der Waals surface area contributed by atoms with Crippen molar-refractivity contribution in [3.63, 3.8) is 0 Å². The summed E-state index contributed by atoms with van der Waals surface area (Å²) < 4.78 is 19.2. The molecule has 0 radical (unpaired) electrons. The van der Waals surface area contributed by atoms with Crippen LogP contribution in [0.15, 0.2) is 18.2 Å². The van der Waals surface area contributed by atoms with Gasteiger partial charge in [0.2, 0.25) is 5.91 Å². The molecule has 0 aromatic heterocycles. The minimum Gasteiger partial charge on any atom is -0.480 e. The number of rotatable bonds is 6. The Labute approximate surface area is 145 Å². The maximum atomic E-state index is 13.7. The van der Waals surface area contributed by atoms with Gasteiger partial charge in [-0.3, -0.25) is 4.79 Å². The van der Waals surface area contributed by atoms with Crippen molar-refractivity contribution < 1.29 is 23.8 Å². The quantitative estimate of drug-likeness (QED) is 0.820. The maximum Gasteiger partial charge on any atom is 0.326 e. The SMILES string of the molecule is CC(C)C[C@@H](NC(=O)[C@@H]1CCO[C@H]1c1ccc(Cl)c(F)c1)C(=O)O. The Balaban J connectivity index is 2.12. The number of amides is 1. The number of carbonyl (C=O) groups is 2. The Morgan fingerprint density at radius 1 is 1.46 bits per heavy atom. The van der Waals surface area contributed by atoms with E-state index in [1.54, 1.807) is 6.07 Å². The van der Waals surface area contributed by atoms with E-state index in [0.29, 0.717) is 25.0 Å². The third kappa shape index (κ3) is 4.45. The third-order valence-electron chi connectivity index (χ3n) is 4.02. The van der Waals surface area contributed by atoms with Crippen LogP contribution in [0.5, 0.6) is 0 Å². The molecule has 1 aliphatic heterocycles. The zero-order chi connectivity index (χ0) is 17.9. The highest BCUT2D eigenvalue weighted by Crippen LogP contribution is 2.36. The molecule has 24 heavy (non-hydrogen) atoms. The number of carbonyl (C=O) groups excluding carboxylic acids is 1. The second kappa shape index (κ2) is 7.94. The fourth-order valence-corrected chi connectivity index (χ4v) is 2.97. The summed E-state index contributed by atoms with van der Waals surface area (Å²) in [5, 5.41) is 11.8. The van der Waals surface area contributed by atoms with Crippen LogP contribution in [0.25, 0.3) is 0 Å². The normalized spacial score (nSPS) is 21.7. The van der Waals surface area contributed by atoms with Crippen LogP contribution < -0.4 is 5.32 Å². The van der Waals surface area contributed by atoms with E-state index < -0.39 is 29.9 Å². The van der Waals surface area contributed by atoms with Crippen molar-refractivity contribution in [1.82, 2.24) is 5.32 Å². The molecule has 1 saturated heterocycles. The number of carboxylic acid groups (broad SMARTS) is 1. The van der Waals surface area contributed by atoms with Crippen LogP contribution in [-0.2, 0) is 14.3 Å². The summed E-state index contributed by atoms with van der Waals surface area (Å²) in [7, 11) is 0. The summed E-state index contributed by atoms with van der Waals surface area (Å²) in [4.78, 5) is 23.8. The molecule has 1 aromatic rings. The van der Waals surface area contributed by atoms with Gasteiger partial charge in [0.1, 0.15) is 11.9 Å². The van der Waals surface area contributed by atoms with Crippen LogP contribution in [0.2, 0.25) is 5.02 Å². The molecule has 1 fully saturated rings. The number of ether oxygens (including phenoxy) is 1. The minimum atomic E-state index is -1.06. The van der Waals surface area contributed by atoms with Crippen molar-refractivity contribution in [2.45, 2.75) is 38.8 Å². The van der Waals surface area contributed by atoms with E-state index in [1.807, 2.05) is 13.8 Å². The van der Waals surface area contributed by atoms with Crippen molar-refractivity contribution in [1.29, 1.82) is 0 Å². The van der Waals surface area contributed by atoms with E-state index in [1.165, 1.54) is 12.1 Å². The Morgan fingerprint density at radius 3 is 2.75 bits per heavy atom. The van der Waals surface area contributed by atoms with Crippen LogP contribution in [0, 0.1) is 17.7 Å². The largest absolute Gasteiger partial charge is 0.480 e. The molecule has 1 aliphatic rings. The van der Waals surface area contributed by atoms with Gasteiger partial charge in [-0.1, -0.05) is 31.5 Å². The van der Waals surface area contributed by atoms with Gasteiger partial charge in [0.15, 0.2) is 0 Å². The summed E-state index contributed by atoms with van der Waals surface area (Å²) in [6.45, 7) is 4.13. The molecular weight excluding hydrogens is 337 g/mol. The molecule has 0 spiro atoms. The standard InChI is InChI=1S/C17H21ClFNO4/c1-9(2)7-14(17(22)23)20-16(21)11-5-6-24-15(11)10-3-4-12(18)13(19)8-10/h3-4,8-9,11,14-15H,5-7H2,1-2H3,(H,20,21)(H,22,23)/t11-,14-,15+/m1/s1. The van der Waals surface area contributed by atoms with Gasteiger partial charge < -0.3 is 15.2 Å². The van der Waals surface area contributed by atoms with Crippen LogP contribution in [0.4, 0.5) is 4.39 Å². The van der Waals surface area contributed by atoms with Gasteiger partial charge in [0, 0.05) is 6.61 Å². The fraction of sp³-hybridized carbons (Fsp3) is 0.529. The first kappa shape index (κ1) is 18.7. The number of benzene rings is 1. The van der Waals surface area contributed by atoms with Crippen molar-refractivity contribution in [3.05, 3.63) is 34.6 Å². The van der Waals surface area contributed by atoms with E-state index in [0.717, 1.165) is 0 Å². The van der Waals surface area contributed by atoms with Crippen molar-refractivity contribution >= 4 is 23.5 Å². The van der Waals surface area contributed by atoms with Gasteiger partial charge in [-0.05, 0) is 36.5 Å². The Bertz CT molecular complexity index is 623. The molecule has 132 valence electrons. The average molecular weight is 358 g/mol. The van der Waals surface area contributed by atoms with Crippen LogP contribution >= 0.6 is 11.6 Å². The highest BCUT2D eigenvalue weighted by Gasteiger charge is 2.37. The first-order valence-corrected chi connectivity index (χ1v) is 8.27. The van der Waals surface area contributed by atoms with Crippen LogP contribution in [-0.4, -0.2) is 29.6 Å². The summed E-state index contributed by atoms with van der Waals surface area (Å²) >= 11 is 5.68. The molecule has 2 N–H and O–H groups in total. The molecule has 0 saturated carbocycles. The molecule has 1 heterocycles. The molecule has 1 amide bonds. The van der Waals surface area contributed by atoms with Gasteiger partial charge in [-0.2, -0.15) is 0 Å². The first-order chi connectivity index (χ1) is 11.3. The van der Waals surface area contributed by atoms with E-state index in [9.17, 15) is 19.1 Å². The topological polar surface area (TPSA) is 75.6 Å². The molecule has 0 aliphatic carbocycles. The average Bonchev–Trinajstić information content (AvgIpc) is 2.98. The predicted octanol–water partition coefficient (Wildman–Crippen LogP) is 3.17. The summed E-state index contributed by atoms with van der Waals surface area (Å²) in [6.07, 6.45) is 0.189. The Morgan fingerprint density at radius 2 is 2.17 bits per heavy atom. The number of hydrogen-bond acceptors (Lipinski definition) is 3. The van der Waals surface area contributed by atoms with Crippen molar-refractivity contribution in [3.8, 4) is 0 Å². The fourth-order valence-electron chi connectivity index (χ4n) is 2.85. The molecular formula is C17H21ClFNO4. The molecule has 0 unspecified atom stereocenters. The summed E-state index contributed by atoms with van der Waals surface area (Å²) in [5.41, 5.74) is 0.519. The number of aliphatic carboxylic acids is 1.